The molecule has 7 heteroatoms. The molecule has 0 saturated carbocycles. The van der Waals surface area contributed by atoms with Crippen LogP contribution in [-0.4, -0.2) is 24.5 Å². The van der Waals surface area contributed by atoms with E-state index in [1.807, 2.05) is 49.7 Å². The second kappa shape index (κ2) is 5.13. The highest BCUT2D eigenvalue weighted by atomic mass is 35.5. The van der Waals surface area contributed by atoms with E-state index in [0.29, 0.717) is 15.6 Å². The number of hydrogen-bond donors (Lipinski definition) is 1. The molecule has 0 unspecified atom stereocenters. The quantitative estimate of drug-likeness (QED) is 0.734. The molecule has 108 valence electrons. The van der Waals surface area contributed by atoms with Gasteiger partial charge < -0.3 is 0 Å². The highest BCUT2D eigenvalue weighted by molar-refractivity contribution is 7.71. The molecule has 0 saturated heterocycles. The summed E-state index contributed by atoms with van der Waals surface area (Å²) >= 11 is 11.8. The van der Waals surface area contributed by atoms with Crippen LogP contribution in [0.3, 0.4) is 0 Å². The van der Waals surface area contributed by atoms with Gasteiger partial charge in [0, 0.05) is 7.05 Å². The van der Waals surface area contributed by atoms with Crippen molar-refractivity contribution >= 4 is 23.8 Å². The van der Waals surface area contributed by atoms with Crippen LogP contribution in [0.15, 0.2) is 24.3 Å². The number of aromatic amines is 1. The van der Waals surface area contributed by atoms with Gasteiger partial charge in [-0.1, -0.05) is 29.8 Å². The highest BCUT2D eigenvalue weighted by Gasteiger charge is 2.20. The van der Waals surface area contributed by atoms with E-state index >= 15 is 0 Å². The summed E-state index contributed by atoms with van der Waals surface area (Å²) in [7, 11) is 1.84. The fraction of sp³-hybridized carbons (Fsp3) is 0.214. The summed E-state index contributed by atoms with van der Waals surface area (Å²) in [6.07, 6.45) is 0. The third-order valence-corrected chi connectivity index (χ3v) is 4.12. The molecule has 0 amide bonds. The van der Waals surface area contributed by atoms with Crippen molar-refractivity contribution in [3.8, 4) is 17.2 Å². The molecule has 0 aliphatic rings. The second-order valence-electron chi connectivity index (χ2n) is 4.85. The number of H-pyrrole nitrogens is 1. The molecule has 0 aliphatic carbocycles. The SMILES string of the molecule is Cc1ccccc1-n1c(-c2c(Cl)c(C)nn2C)n[nH]c1=S. The molecule has 5 nitrogen and oxygen atoms in total. The van der Waals surface area contributed by atoms with Gasteiger partial charge >= 0.3 is 0 Å². The number of halogens is 1. The molecular formula is C14H14ClN5S. The van der Waals surface area contributed by atoms with Crippen molar-refractivity contribution in [3.63, 3.8) is 0 Å². The molecule has 0 bridgehead atoms. The van der Waals surface area contributed by atoms with Crippen LogP contribution in [0.25, 0.3) is 17.2 Å². The largest absolute Gasteiger partial charge is 0.267 e. The lowest BCUT2D eigenvalue weighted by Crippen LogP contribution is -2.03. The van der Waals surface area contributed by atoms with Gasteiger partial charge in [-0.15, -0.1) is 0 Å². The Morgan fingerprint density at radius 3 is 2.57 bits per heavy atom. The van der Waals surface area contributed by atoms with Gasteiger partial charge in [-0.05, 0) is 37.7 Å². The van der Waals surface area contributed by atoms with E-state index in [0.717, 1.165) is 22.6 Å². The Morgan fingerprint density at radius 1 is 1.24 bits per heavy atom. The minimum absolute atomic E-state index is 0.522. The van der Waals surface area contributed by atoms with Gasteiger partial charge in [0.05, 0.1) is 16.4 Å². The molecule has 2 aromatic heterocycles. The van der Waals surface area contributed by atoms with Crippen LogP contribution in [0.2, 0.25) is 5.02 Å². The van der Waals surface area contributed by atoms with E-state index in [2.05, 4.69) is 15.3 Å². The summed E-state index contributed by atoms with van der Waals surface area (Å²) in [6.45, 7) is 3.90. The standard InChI is InChI=1S/C14H14ClN5S/c1-8-6-4-5-7-10(8)20-13(16-17-14(20)21)12-11(15)9(2)18-19(12)3/h4-7H,1-3H3,(H,17,21). The predicted octanol–water partition coefficient (Wildman–Crippen LogP) is 3.60. The van der Waals surface area contributed by atoms with Crippen LogP contribution in [0, 0.1) is 18.6 Å². The van der Waals surface area contributed by atoms with Crippen LogP contribution in [0.4, 0.5) is 0 Å². The Labute approximate surface area is 132 Å². The number of hydrogen-bond acceptors (Lipinski definition) is 3. The first-order valence-electron chi connectivity index (χ1n) is 6.43. The van der Waals surface area contributed by atoms with E-state index in [1.54, 1.807) is 4.68 Å². The topological polar surface area (TPSA) is 51.4 Å². The third kappa shape index (κ3) is 2.20. The first-order valence-corrected chi connectivity index (χ1v) is 7.22. The maximum Gasteiger partial charge on any atom is 0.200 e. The Bertz CT molecular complexity index is 874. The van der Waals surface area contributed by atoms with Gasteiger partial charge in [0.1, 0.15) is 5.69 Å². The smallest absolute Gasteiger partial charge is 0.200 e. The monoisotopic (exact) mass is 319 g/mol. The van der Waals surface area contributed by atoms with E-state index in [1.165, 1.54) is 0 Å². The number of rotatable bonds is 2. The number of nitrogens with zero attached hydrogens (tertiary/aromatic N) is 4. The zero-order chi connectivity index (χ0) is 15.1. The minimum Gasteiger partial charge on any atom is -0.267 e. The van der Waals surface area contributed by atoms with Gasteiger partial charge in [-0.25, -0.2) is 0 Å². The fourth-order valence-corrected chi connectivity index (χ4v) is 2.84. The lowest BCUT2D eigenvalue weighted by Gasteiger charge is -2.10. The fourth-order valence-electron chi connectivity index (χ4n) is 2.37. The second-order valence-corrected chi connectivity index (χ2v) is 5.61. The van der Waals surface area contributed by atoms with Crippen LogP contribution in [-0.2, 0) is 7.05 Å². The van der Waals surface area contributed by atoms with Gasteiger partial charge in [0.2, 0.25) is 0 Å². The average Bonchev–Trinajstić information content (AvgIpc) is 2.92. The van der Waals surface area contributed by atoms with Crippen LogP contribution in [0.1, 0.15) is 11.3 Å². The van der Waals surface area contributed by atoms with Gasteiger partial charge in [-0.3, -0.25) is 14.3 Å². The van der Waals surface area contributed by atoms with Crippen molar-refractivity contribution in [3.05, 3.63) is 45.3 Å². The molecule has 0 fully saturated rings. The molecule has 3 rings (SSSR count). The summed E-state index contributed by atoms with van der Waals surface area (Å²) in [5, 5.41) is 12.1. The van der Waals surface area contributed by atoms with E-state index in [-0.39, 0.29) is 0 Å². The average molecular weight is 320 g/mol. The molecule has 21 heavy (non-hydrogen) atoms. The first kappa shape index (κ1) is 14.0. The number of para-hydroxylation sites is 1. The van der Waals surface area contributed by atoms with Crippen molar-refractivity contribution in [1.82, 2.24) is 24.5 Å². The van der Waals surface area contributed by atoms with Gasteiger partial charge in [0.25, 0.3) is 0 Å². The van der Waals surface area contributed by atoms with E-state index in [4.69, 9.17) is 23.8 Å². The Hall–Kier alpha value is -1.92. The van der Waals surface area contributed by atoms with Gasteiger partial charge in [0.15, 0.2) is 10.6 Å². The molecule has 0 atom stereocenters. The number of aryl methyl sites for hydroxylation is 3. The minimum atomic E-state index is 0.522. The first-order chi connectivity index (χ1) is 10.0. The van der Waals surface area contributed by atoms with Crippen molar-refractivity contribution in [2.75, 3.05) is 0 Å². The lowest BCUT2D eigenvalue weighted by molar-refractivity contribution is 0.756. The number of benzene rings is 1. The molecule has 0 radical (unpaired) electrons. The maximum absolute atomic E-state index is 6.37. The number of nitrogens with one attached hydrogen (secondary N) is 1. The Morgan fingerprint density at radius 2 is 1.95 bits per heavy atom. The Kier molecular flexibility index (Phi) is 3.43. The number of aromatic nitrogens is 5. The third-order valence-electron chi connectivity index (χ3n) is 3.39. The molecule has 0 aliphatic heterocycles. The summed E-state index contributed by atoms with van der Waals surface area (Å²) in [6, 6.07) is 7.99. The molecule has 2 heterocycles. The maximum atomic E-state index is 6.37. The van der Waals surface area contributed by atoms with Crippen molar-refractivity contribution in [2.45, 2.75) is 13.8 Å². The molecule has 1 N–H and O–H groups in total. The lowest BCUT2D eigenvalue weighted by atomic mass is 10.2. The van der Waals surface area contributed by atoms with Crippen LogP contribution in [0.5, 0.6) is 0 Å². The summed E-state index contributed by atoms with van der Waals surface area (Å²) < 4.78 is 4.12. The predicted molar refractivity (Wildman–Crippen MR) is 85.4 cm³/mol. The summed E-state index contributed by atoms with van der Waals surface area (Å²) in [4.78, 5) is 0. The normalized spacial score (nSPS) is 11.0. The Balaban J connectivity index is 2.33. The van der Waals surface area contributed by atoms with Crippen molar-refractivity contribution < 1.29 is 0 Å². The molecule has 1 aromatic carbocycles. The van der Waals surface area contributed by atoms with Crippen LogP contribution < -0.4 is 0 Å². The van der Waals surface area contributed by atoms with E-state index < -0.39 is 0 Å². The van der Waals surface area contributed by atoms with Crippen molar-refractivity contribution in [1.29, 1.82) is 0 Å². The van der Waals surface area contributed by atoms with E-state index in [9.17, 15) is 0 Å². The van der Waals surface area contributed by atoms with Crippen molar-refractivity contribution in [2.24, 2.45) is 7.05 Å². The molecule has 0 spiro atoms. The summed E-state index contributed by atoms with van der Waals surface area (Å²) in [5.41, 5.74) is 3.58. The highest BCUT2D eigenvalue weighted by Crippen LogP contribution is 2.30. The van der Waals surface area contributed by atoms with Crippen LogP contribution >= 0.6 is 23.8 Å². The zero-order valence-corrected chi connectivity index (χ0v) is 13.5. The van der Waals surface area contributed by atoms with Gasteiger partial charge in [-0.2, -0.15) is 10.2 Å². The summed E-state index contributed by atoms with van der Waals surface area (Å²) in [5.74, 6) is 0.655. The molecular weight excluding hydrogens is 306 g/mol. The molecule has 3 aromatic rings. The zero-order valence-electron chi connectivity index (χ0n) is 11.9.